The Labute approximate surface area is 101 Å². The topological polar surface area (TPSA) is 40.5 Å². The Morgan fingerprint density at radius 3 is 2.53 bits per heavy atom. The Kier molecular flexibility index (Phi) is 4.49. The van der Waals surface area contributed by atoms with Gasteiger partial charge < -0.3 is 10.0 Å². The first-order valence-corrected chi connectivity index (χ1v) is 5.73. The van der Waals surface area contributed by atoms with Crippen molar-refractivity contribution in [2.24, 2.45) is 5.92 Å². The molecule has 0 atom stereocenters. The lowest BCUT2D eigenvalue weighted by Crippen LogP contribution is -2.28. The quantitative estimate of drug-likeness (QED) is 0.858. The van der Waals surface area contributed by atoms with Crippen LogP contribution in [0.25, 0.3) is 0 Å². The van der Waals surface area contributed by atoms with Crippen molar-refractivity contribution >= 4 is 11.7 Å². The van der Waals surface area contributed by atoms with Crippen molar-refractivity contribution in [2.45, 2.75) is 20.8 Å². The molecule has 1 N–H and O–H groups in total. The standard InChI is InChI=1S/C13H18FNO2/c1-4-15(8-9(2)3)12-6-5-10(13(16)17)7-11(12)14/h5-7,9H,4,8H2,1-3H3,(H,16,17). The van der Waals surface area contributed by atoms with E-state index < -0.39 is 11.8 Å². The minimum atomic E-state index is -1.11. The molecule has 0 spiro atoms. The highest BCUT2D eigenvalue weighted by Crippen LogP contribution is 2.21. The molecule has 94 valence electrons. The van der Waals surface area contributed by atoms with E-state index in [0.717, 1.165) is 12.6 Å². The van der Waals surface area contributed by atoms with E-state index in [2.05, 4.69) is 13.8 Å². The smallest absolute Gasteiger partial charge is 0.335 e. The Morgan fingerprint density at radius 1 is 1.47 bits per heavy atom. The third kappa shape index (κ3) is 3.44. The molecule has 0 aromatic heterocycles. The van der Waals surface area contributed by atoms with Crippen LogP contribution in [0.2, 0.25) is 0 Å². The molecule has 0 fully saturated rings. The number of hydrogen-bond acceptors (Lipinski definition) is 2. The van der Waals surface area contributed by atoms with Gasteiger partial charge in [-0.3, -0.25) is 0 Å². The fourth-order valence-electron chi connectivity index (χ4n) is 1.73. The molecule has 0 unspecified atom stereocenters. The number of carbonyl (C=O) groups is 1. The van der Waals surface area contributed by atoms with Gasteiger partial charge in [0.25, 0.3) is 0 Å². The summed E-state index contributed by atoms with van der Waals surface area (Å²) in [5.41, 5.74) is 0.443. The molecule has 0 radical (unpaired) electrons. The molecule has 1 aromatic carbocycles. The second-order valence-electron chi connectivity index (χ2n) is 4.40. The largest absolute Gasteiger partial charge is 0.478 e. The second kappa shape index (κ2) is 5.66. The van der Waals surface area contributed by atoms with Gasteiger partial charge in [0.1, 0.15) is 5.82 Å². The monoisotopic (exact) mass is 239 g/mol. The van der Waals surface area contributed by atoms with Gasteiger partial charge in [0.05, 0.1) is 11.3 Å². The average molecular weight is 239 g/mol. The third-order valence-corrected chi connectivity index (χ3v) is 2.50. The van der Waals surface area contributed by atoms with Crippen LogP contribution in [0.15, 0.2) is 18.2 Å². The summed E-state index contributed by atoms with van der Waals surface area (Å²) in [4.78, 5) is 12.6. The van der Waals surface area contributed by atoms with Gasteiger partial charge in [-0.25, -0.2) is 9.18 Å². The van der Waals surface area contributed by atoms with Crippen molar-refractivity contribution in [1.82, 2.24) is 0 Å². The van der Waals surface area contributed by atoms with Gasteiger partial charge in [-0.15, -0.1) is 0 Å². The molecule has 0 aliphatic rings. The van der Waals surface area contributed by atoms with Gasteiger partial charge in [0.15, 0.2) is 0 Å². The van der Waals surface area contributed by atoms with Crippen molar-refractivity contribution in [3.63, 3.8) is 0 Å². The summed E-state index contributed by atoms with van der Waals surface area (Å²) in [5, 5.41) is 8.76. The van der Waals surface area contributed by atoms with Gasteiger partial charge >= 0.3 is 5.97 Å². The maximum absolute atomic E-state index is 13.8. The fourth-order valence-corrected chi connectivity index (χ4v) is 1.73. The lowest BCUT2D eigenvalue weighted by molar-refractivity contribution is 0.0696. The Hall–Kier alpha value is -1.58. The van der Waals surface area contributed by atoms with Crippen LogP contribution in [0, 0.1) is 11.7 Å². The maximum Gasteiger partial charge on any atom is 0.335 e. The van der Waals surface area contributed by atoms with Crippen LogP contribution in [-0.2, 0) is 0 Å². The third-order valence-electron chi connectivity index (χ3n) is 2.50. The number of carboxylic acids is 1. The van der Waals surface area contributed by atoms with E-state index in [9.17, 15) is 9.18 Å². The van der Waals surface area contributed by atoms with Crippen molar-refractivity contribution in [3.8, 4) is 0 Å². The number of aromatic carboxylic acids is 1. The first-order valence-electron chi connectivity index (χ1n) is 5.73. The minimum Gasteiger partial charge on any atom is -0.478 e. The van der Waals surface area contributed by atoms with E-state index in [1.807, 2.05) is 11.8 Å². The van der Waals surface area contributed by atoms with Crippen molar-refractivity contribution in [2.75, 3.05) is 18.0 Å². The summed E-state index contributed by atoms with van der Waals surface area (Å²) >= 11 is 0. The second-order valence-corrected chi connectivity index (χ2v) is 4.40. The highest BCUT2D eigenvalue weighted by molar-refractivity contribution is 5.88. The van der Waals surface area contributed by atoms with E-state index >= 15 is 0 Å². The van der Waals surface area contributed by atoms with Gasteiger partial charge in [-0.2, -0.15) is 0 Å². The lowest BCUT2D eigenvalue weighted by atomic mass is 10.1. The van der Waals surface area contributed by atoms with E-state index in [4.69, 9.17) is 5.11 Å². The summed E-state index contributed by atoms with van der Waals surface area (Å²) < 4.78 is 13.8. The van der Waals surface area contributed by atoms with E-state index in [-0.39, 0.29) is 5.56 Å². The molecule has 0 saturated heterocycles. The summed E-state index contributed by atoms with van der Waals surface area (Å²) in [7, 11) is 0. The number of benzene rings is 1. The van der Waals surface area contributed by atoms with Crippen LogP contribution >= 0.6 is 0 Å². The van der Waals surface area contributed by atoms with Crippen LogP contribution in [0.4, 0.5) is 10.1 Å². The molecular formula is C13H18FNO2. The molecule has 0 amide bonds. The van der Waals surface area contributed by atoms with Crippen LogP contribution in [0.1, 0.15) is 31.1 Å². The number of nitrogens with zero attached hydrogens (tertiary/aromatic N) is 1. The molecule has 4 heteroatoms. The fraction of sp³-hybridized carbons (Fsp3) is 0.462. The summed E-state index contributed by atoms with van der Waals surface area (Å²) in [6.45, 7) is 7.52. The van der Waals surface area contributed by atoms with E-state index in [0.29, 0.717) is 18.2 Å². The van der Waals surface area contributed by atoms with Gasteiger partial charge in [-0.1, -0.05) is 13.8 Å². The van der Waals surface area contributed by atoms with Crippen molar-refractivity contribution in [3.05, 3.63) is 29.6 Å². The van der Waals surface area contributed by atoms with Crippen LogP contribution in [0.3, 0.4) is 0 Å². The van der Waals surface area contributed by atoms with Crippen LogP contribution in [0.5, 0.6) is 0 Å². The molecule has 1 rings (SSSR count). The molecule has 0 bridgehead atoms. The summed E-state index contributed by atoms with van der Waals surface area (Å²) in [6, 6.07) is 4.04. The number of halogens is 1. The highest BCUT2D eigenvalue weighted by atomic mass is 19.1. The average Bonchev–Trinajstić information content (AvgIpc) is 2.25. The van der Waals surface area contributed by atoms with Gasteiger partial charge in [0, 0.05) is 13.1 Å². The molecule has 1 aromatic rings. The van der Waals surface area contributed by atoms with Crippen LogP contribution < -0.4 is 4.90 Å². The summed E-state index contributed by atoms with van der Waals surface area (Å²) in [6.07, 6.45) is 0. The van der Waals surface area contributed by atoms with Gasteiger partial charge in [-0.05, 0) is 31.0 Å². The minimum absolute atomic E-state index is 0.0214. The molecule has 0 aliphatic carbocycles. The number of carboxylic acid groups (broad SMARTS) is 1. The van der Waals surface area contributed by atoms with E-state index in [1.54, 1.807) is 0 Å². The zero-order valence-corrected chi connectivity index (χ0v) is 10.4. The number of hydrogen-bond donors (Lipinski definition) is 1. The SMILES string of the molecule is CCN(CC(C)C)c1ccc(C(=O)O)cc1F. The Morgan fingerprint density at radius 2 is 2.12 bits per heavy atom. The predicted octanol–water partition coefficient (Wildman–Crippen LogP) is 3.01. The molecular weight excluding hydrogens is 221 g/mol. The number of rotatable bonds is 5. The Balaban J connectivity index is 3.00. The molecule has 0 aliphatic heterocycles. The predicted molar refractivity (Wildman–Crippen MR) is 66.1 cm³/mol. The van der Waals surface area contributed by atoms with E-state index in [1.165, 1.54) is 12.1 Å². The van der Waals surface area contributed by atoms with Crippen LogP contribution in [-0.4, -0.2) is 24.2 Å². The molecule has 17 heavy (non-hydrogen) atoms. The first-order chi connectivity index (χ1) is 7.95. The molecule has 3 nitrogen and oxygen atoms in total. The van der Waals surface area contributed by atoms with Gasteiger partial charge in [0.2, 0.25) is 0 Å². The zero-order chi connectivity index (χ0) is 13.0. The van der Waals surface area contributed by atoms with Crippen molar-refractivity contribution < 1.29 is 14.3 Å². The normalized spacial score (nSPS) is 10.6. The number of anilines is 1. The molecule has 0 saturated carbocycles. The lowest BCUT2D eigenvalue weighted by Gasteiger charge is -2.25. The highest BCUT2D eigenvalue weighted by Gasteiger charge is 2.13. The van der Waals surface area contributed by atoms with Crippen molar-refractivity contribution in [1.29, 1.82) is 0 Å². The summed E-state index contributed by atoms with van der Waals surface area (Å²) in [5.74, 6) is -1.16. The maximum atomic E-state index is 13.8. The Bertz CT molecular complexity index is 404. The molecule has 0 heterocycles. The first kappa shape index (κ1) is 13.5. The zero-order valence-electron chi connectivity index (χ0n) is 10.4.